The van der Waals surface area contributed by atoms with Crippen LogP contribution < -0.4 is 9.62 Å². The SMILES string of the molecule is Cc1ccc(S(=O)(=O)N(CC(=O)N(Cc2ccccc2C)[C@H](Cc2ccccc2)C(=O)NCC(C)C)c2cccc(C(F)(F)F)c2)cc1. The molecule has 11 heteroatoms. The molecule has 0 aliphatic carbocycles. The topological polar surface area (TPSA) is 86.8 Å². The highest BCUT2D eigenvalue weighted by atomic mass is 32.2. The second-order valence-corrected chi connectivity index (χ2v) is 14.0. The van der Waals surface area contributed by atoms with Gasteiger partial charge in [-0.15, -0.1) is 0 Å². The largest absolute Gasteiger partial charge is 0.416 e. The molecule has 0 fully saturated rings. The molecule has 0 aliphatic heterocycles. The minimum Gasteiger partial charge on any atom is -0.354 e. The lowest BCUT2D eigenvalue weighted by atomic mass is 10.0. The number of anilines is 1. The van der Waals surface area contributed by atoms with Crippen LogP contribution in [0.15, 0.2) is 108 Å². The van der Waals surface area contributed by atoms with Crippen LogP contribution in [-0.2, 0) is 38.8 Å². The highest BCUT2D eigenvalue weighted by Crippen LogP contribution is 2.33. The Morgan fingerprint density at radius 1 is 0.833 bits per heavy atom. The number of carbonyl (C=O) groups excluding carboxylic acids is 2. The van der Waals surface area contributed by atoms with Gasteiger partial charge in [-0.05, 0) is 66.8 Å². The summed E-state index contributed by atoms with van der Waals surface area (Å²) in [7, 11) is -4.55. The highest BCUT2D eigenvalue weighted by molar-refractivity contribution is 7.92. The molecule has 1 N–H and O–H groups in total. The van der Waals surface area contributed by atoms with Crippen molar-refractivity contribution >= 4 is 27.5 Å². The lowest BCUT2D eigenvalue weighted by Crippen LogP contribution is -2.53. The molecule has 0 spiro atoms. The molecule has 1 atom stereocenters. The van der Waals surface area contributed by atoms with Crippen LogP contribution in [-0.4, -0.2) is 44.3 Å². The first-order chi connectivity index (χ1) is 22.7. The number of aryl methyl sites for hydroxylation is 2. The predicted octanol–water partition coefficient (Wildman–Crippen LogP) is 6.93. The van der Waals surface area contributed by atoms with Gasteiger partial charge in [0.2, 0.25) is 11.8 Å². The first-order valence-electron chi connectivity index (χ1n) is 15.6. The molecular weight excluding hydrogens is 639 g/mol. The zero-order valence-corrected chi connectivity index (χ0v) is 28.2. The number of hydrogen-bond donors (Lipinski definition) is 1. The summed E-state index contributed by atoms with van der Waals surface area (Å²) < 4.78 is 70.4. The summed E-state index contributed by atoms with van der Waals surface area (Å²) in [4.78, 5) is 29.6. The Hall–Kier alpha value is -4.64. The Labute approximate surface area is 280 Å². The average Bonchev–Trinajstić information content (AvgIpc) is 3.05. The van der Waals surface area contributed by atoms with E-state index >= 15 is 0 Å². The number of halogens is 3. The molecule has 7 nitrogen and oxygen atoms in total. The van der Waals surface area contributed by atoms with Crippen molar-refractivity contribution in [3.05, 3.63) is 131 Å². The third-order valence-electron chi connectivity index (χ3n) is 7.91. The van der Waals surface area contributed by atoms with Gasteiger partial charge in [0.15, 0.2) is 0 Å². The molecule has 0 saturated heterocycles. The number of nitrogens with zero attached hydrogens (tertiary/aromatic N) is 2. The molecule has 4 aromatic rings. The van der Waals surface area contributed by atoms with Gasteiger partial charge in [-0.25, -0.2) is 8.42 Å². The van der Waals surface area contributed by atoms with Gasteiger partial charge in [-0.1, -0.05) is 92.2 Å². The van der Waals surface area contributed by atoms with E-state index in [0.717, 1.165) is 34.4 Å². The van der Waals surface area contributed by atoms with E-state index in [1.54, 1.807) is 25.1 Å². The maximum atomic E-state index is 14.5. The Kier molecular flexibility index (Phi) is 11.7. The zero-order chi connectivity index (χ0) is 35.1. The van der Waals surface area contributed by atoms with E-state index in [-0.39, 0.29) is 29.5 Å². The van der Waals surface area contributed by atoms with Crippen LogP contribution in [0.3, 0.4) is 0 Å². The second-order valence-electron chi connectivity index (χ2n) is 12.2. The third kappa shape index (κ3) is 9.25. The van der Waals surface area contributed by atoms with Crippen molar-refractivity contribution in [3.8, 4) is 0 Å². The molecule has 0 aliphatic rings. The highest BCUT2D eigenvalue weighted by Gasteiger charge is 2.36. The van der Waals surface area contributed by atoms with E-state index in [1.807, 2.05) is 69.3 Å². The first kappa shape index (κ1) is 36.2. The molecule has 0 aromatic heterocycles. The summed E-state index contributed by atoms with van der Waals surface area (Å²) in [5.41, 5.74) is 1.72. The van der Waals surface area contributed by atoms with Crippen molar-refractivity contribution in [1.82, 2.24) is 10.2 Å². The van der Waals surface area contributed by atoms with Crippen molar-refractivity contribution in [3.63, 3.8) is 0 Å². The van der Waals surface area contributed by atoms with E-state index in [4.69, 9.17) is 0 Å². The number of nitrogens with one attached hydrogen (secondary N) is 1. The van der Waals surface area contributed by atoms with Crippen LogP contribution >= 0.6 is 0 Å². The number of alkyl halides is 3. The van der Waals surface area contributed by atoms with Crippen LogP contribution in [0, 0.1) is 19.8 Å². The van der Waals surface area contributed by atoms with Crippen molar-refractivity contribution in [2.45, 2.75) is 57.8 Å². The number of sulfonamides is 1. The first-order valence-corrected chi connectivity index (χ1v) is 17.0. The van der Waals surface area contributed by atoms with Crippen LogP contribution in [0.1, 0.15) is 41.7 Å². The van der Waals surface area contributed by atoms with Crippen LogP contribution in [0.2, 0.25) is 0 Å². The van der Waals surface area contributed by atoms with E-state index < -0.39 is 46.2 Å². The number of amides is 2. The van der Waals surface area contributed by atoms with E-state index in [0.29, 0.717) is 16.9 Å². The fourth-order valence-electron chi connectivity index (χ4n) is 5.15. The summed E-state index contributed by atoms with van der Waals surface area (Å²) in [6, 6.07) is 25.1. The van der Waals surface area contributed by atoms with Crippen LogP contribution in [0.4, 0.5) is 18.9 Å². The van der Waals surface area contributed by atoms with Gasteiger partial charge in [0, 0.05) is 19.5 Å². The van der Waals surface area contributed by atoms with Crippen molar-refractivity contribution in [1.29, 1.82) is 0 Å². The van der Waals surface area contributed by atoms with Crippen molar-refractivity contribution in [2.75, 3.05) is 17.4 Å². The van der Waals surface area contributed by atoms with Gasteiger partial charge in [0.25, 0.3) is 10.0 Å². The summed E-state index contributed by atoms with van der Waals surface area (Å²) in [5.74, 6) is -1.07. The molecule has 0 saturated carbocycles. The quantitative estimate of drug-likeness (QED) is 0.166. The molecular formula is C37H40F3N3O4S. The fraction of sp³-hybridized carbons (Fsp3) is 0.297. The third-order valence-corrected chi connectivity index (χ3v) is 9.69. The second kappa shape index (κ2) is 15.5. The van der Waals surface area contributed by atoms with Crippen molar-refractivity contribution < 1.29 is 31.2 Å². The number of benzene rings is 4. The Bertz CT molecular complexity index is 1810. The predicted molar refractivity (Wildman–Crippen MR) is 181 cm³/mol. The molecule has 0 radical (unpaired) electrons. The minimum atomic E-state index is -4.76. The minimum absolute atomic E-state index is 0.0425. The smallest absolute Gasteiger partial charge is 0.354 e. The lowest BCUT2D eigenvalue weighted by molar-refractivity contribution is -0.140. The average molecular weight is 680 g/mol. The van der Waals surface area contributed by atoms with Gasteiger partial charge in [0.05, 0.1) is 16.1 Å². The molecule has 0 unspecified atom stereocenters. The van der Waals surface area contributed by atoms with E-state index in [9.17, 15) is 31.2 Å². The Balaban J connectivity index is 1.85. The van der Waals surface area contributed by atoms with Gasteiger partial charge in [-0.2, -0.15) is 13.2 Å². The molecule has 48 heavy (non-hydrogen) atoms. The molecule has 0 heterocycles. The number of hydrogen-bond acceptors (Lipinski definition) is 4. The summed E-state index contributed by atoms with van der Waals surface area (Å²) >= 11 is 0. The van der Waals surface area contributed by atoms with Crippen LogP contribution in [0.25, 0.3) is 0 Å². The molecule has 254 valence electrons. The Morgan fingerprint density at radius 2 is 1.48 bits per heavy atom. The normalized spacial score (nSPS) is 12.4. The Morgan fingerprint density at radius 3 is 2.10 bits per heavy atom. The van der Waals surface area contributed by atoms with Gasteiger partial charge >= 0.3 is 6.18 Å². The molecule has 2 amide bonds. The molecule has 4 aromatic carbocycles. The van der Waals surface area contributed by atoms with E-state index in [1.165, 1.54) is 23.1 Å². The summed E-state index contributed by atoms with van der Waals surface area (Å²) in [6.07, 6.45) is -4.64. The number of rotatable bonds is 13. The summed E-state index contributed by atoms with van der Waals surface area (Å²) in [5, 5.41) is 2.92. The lowest BCUT2D eigenvalue weighted by Gasteiger charge is -2.34. The van der Waals surface area contributed by atoms with Gasteiger partial charge < -0.3 is 10.2 Å². The van der Waals surface area contributed by atoms with Gasteiger partial charge in [-0.3, -0.25) is 13.9 Å². The maximum Gasteiger partial charge on any atom is 0.416 e. The van der Waals surface area contributed by atoms with Crippen LogP contribution in [0.5, 0.6) is 0 Å². The standard InChI is InChI=1S/C37H40F3N3O4S/c1-26(2)23-41-36(45)34(21-29-12-6-5-7-13-29)42(24-30-14-9-8-11-28(30)4)35(44)25-43(32-16-10-15-31(22-32)37(38,39)40)48(46,47)33-19-17-27(3)18-20-33/h5-20,22,26,34H,21,23-25H2,1-4H3,(H,41,45)/t34-/m1/s1. The molecule has 4 rings (SSSR count). The monoisotopic (exact) mass is 679 g/mol. The van der Waals surface area contributed by atoms with Crippen molar-refractivity contribution in [2.24, 2.45) is 5.92 Å². The van der Waals surface area contributed by atoms with Gasteiger partial charge in [0.1, 0.15) is 12.6 Å². The number of carbonyl (C=O) groups is 2. The summed E-state index contributed by atoms with van der Waals surface area (Å²) in [6.45, 7) is 6.95. The van der Waals surface area contributed by atoms with E-state index in [2.05, 4.69) is 5.32 Å². The molecule has 0 bridgehead atoms. The maximum absolute atomic E-state index is 14.5. The fourth-order valence-corrected chi connectivity index (χ4v) is 6.56. The zero-order valence-electron chi connectivity index (χ0n) is 27.4.